The van der Waals surface area contributed by atoms with E-state index in [0.717, 1.165) is 39.2 Å². The van der Waals surface area contributed by atoms with E-state index in [-0.39, 0.29) is 0 Å². The maximum Gasteiger partial charge on any atom is 0.361 e. The highest BCUT2D eigenvalue weighted by molar-refractivity contribution is 5.87. The Hall–Kier alpha value is -3.26. The molecule has 0 saturated carbocycles. The molecule has 0 saturated heterocycles. The van der Waals surface area contributed by atoms with Crippen LogP contribution in [0.15, 0.2) is 83.3 Å². The molecule has 0 radical (unpaired) electrons. The van der Waals surface area contributed by atoms with Crippen LogP contribution in [0.2, 0.25) is 0 Å². The van der Waals surface area contributed by atoms with Crippen molar-refractivity contribution in [3.05, 3.63) is 95.7 Å². The summed E-state index contributed by atoms with van der Waals surface area (Å²) in [5.74, 6) is 1.69. The van der Waals surface area contributed by atoms with Crippen LogP contribution in [0.25, 0.3) is 34.2 Å². The number of hydrogen-bond acceptors (Lipinski definition) is 5. The van der Waals surface area contributed by atoms with Crippen molar-refractivity contribution in [2.75, 3.05) is 7.11 Å². The van der Waals surface area contributed by atoms with Gasteiger partial charge in [-0.3, -0.25) is 0 Å². The third kappa shape index (κ3) is 6.88. The summed E-state index contributed by atoms with van der Waals surface area (Å²) in [5, 5.41) is 1.11. The standard InChI is InChI=1S/C25H21O2.ClHO4/c1-18-8-14-24-21(16-18)17-23(20-6-4-3-5-7-20)25(27-24)15-11-19-9-12-22(26-2)13-10-19;2-1(3,4)5/h3-17H,1-2H3;(H,2,3,4,5)/q+1;/p-1. The van der Waals surface area contributed by atoms with Crippen LogP contribution < -0.4 is 23.4 Å². The molecule has 0 spiro atoms. The molecule has 7 heteroatoms. The predicted molar refractivity (Wildman–Crippen MR) is 113 cm³/mol. The molecule has 0 unspecified atom stereocenters. The molecular weight excluding hydrogens is 432 g/mol. The molecule has 0 aliphatic rings. The molecule has 4 aromatic rings. The van der Waals surface area contributed by atoms with Crippen LogP contribution in [0.5, 0.6) is 5.75 Å². The fourth-order valence-corrected chi connectivity index (χ4v) is 3.13. The molecule has 6 nitrogen and oxygen atoms in total. The van der Waals surface area contributed by atoms with E-state index in [1.54, 1.807) is 7.11 Å². The monoisotopic (exact) mass is 452 g/mol. The van der Waals surface area contributed by atoms with Crippen LogP contribution in [0.4, 0.5) is 0 Å². The van der Waals surface area contributed by atoms with Gasteiger partial charge in [0.25, 0.3) is 0 Å². The highest BCUT2D eigenvalue weighted by atomic mass is 35.7. The zero-order chi connectivity index (χ0) is 23.1. The maximum atomic E-state index is 8.49. The Bertz CT molecular complexity index is 1190. The van der Waals surface area contributed by atoms with Crippen LogP contribution >= 0.6 is 0 Å². The molecule has 1 aromatic heterocycles. The van der Waals surface area contributed by atoms with Crippen molar-refractivity contribution in [1.82, 2.24) is 0 Å². The van der Waals surface area contributed by atoms with Gasteiger partial charge in [-0.2, -0.15) is 0 Å². The third-order valence-corrected chi connectivity index (χ3v) is 4.58. The van der Waals surface area contributed by atoms with E-state index in [4.69, 9.17) is 27.8 Å². The van der Waals surface area contributed by atoms with Crippen molar-refractivity contribution in [1.29, 1.82) is 0 Å². The molecule has 3 aromatic carbocycles. The number of halogens is 1. The molecule has 32 heavy (non-hydrogen) atoms. The normalized spacial score (nSPS) is 11.3. The zero-order valence-electron chi connectivity index (χ0n) is 17.5. The molecule has 0 N–H and O–H groups in total. The van der Waals surface area contributed by atoms with Gasteiger partial charge in [-0.15, -0.1) is 10.2 Å². The second-order valence-corrected chi connectivity index (χ2v) is 7.67. The molecule has 164 valence electrons. The molecule has 0 atom stereocenters. The number of hydrogen-bond donors (Lipinski definition) is 0. The van der Waals surface area contributed by atoms with Gasteiger partial charge in [0.2, 0.25) is 0 Å². The van der Waals surface area contributed by atoms with Gasteiger partial charge >= 0.3 is 11.3 Å². The molecular formula is C25H21ClO6. The Morgan fingerprint density at radius 2 is 1.47 bits per heavy atom. The molecule has 4 rings (SSSR count). The summed E-state index contributed by atoms with van der Waals surface area (Å²) in [6.45, 7) is 2.10. The largest absolute Gasteiger partial charge is 0.497 e. The van der Waals surface area contributed by atoms with E-state index in [9.17, 15) is 0 Å². The van der Waals surface area contributed by atoms with Crippen LogP contribution in [-0.2, 0) is 0 Å². The third-order valence-electron chi connectivity index (χ3n) is 4.58. The van der Waals surface area contributed by atoms with Gasteiger partial charge in [-0.25, -0.2) is 23.1 Å². The Morgan fingerprint density at radius 1 is 0.812 bits per heavy atom. The summed E-state index contributed by atoms with van der Waals surface area (Å²) in [7, 11) is -3.27. The van der Waals surface area contributed by atoms with Crippen molar-refractivity contribution in [3.63, 3.8) is 0 Å². The minimum absolute atomic E-state index is 0.841. The first kappa shape index (κ1) is 23.4. The molecule has 0 aliphatic carbocycles. The number of ether oxygens (including phenoxy) is 1. The van der Waals surface area contributed by atoms with Gasteiger partial charge in [0.05, 0.1) is 18.1 Å². The van der Waals surface area contributed by atoms with Gasteiger partial charge < -0.3 is 4.74 Å². The minimum atomic E-state index is -4.94. The average Bonchev–Trinajstić information content (AvgIpc) is 2.77. The second-order valence-electron chi connectivity index (χ2n) is 6.92. The minimum Gasteiger partial charge on any atom is -0.497 e. The van der Waals surface area contributed by atoms with Gasteiger partial charge in [0.1, 0.15) is 5.75 Å². The van der Waals surface area contributed by atoms with E-state index < -0.39 is 10.2 Å². The van der Waals surface area contributed by atoms with Crippen molar-refractivity contribution < 1.29 is 38.0 Å². The Kier molecular flexibility index (Phi) is 7.58. The average molecular weight is 453 g/mol. The summed E-state index contributed by atoms with van der Waals surface area (Å²) < 4.78 is 45.5. The number of fused-ring (bicyclic) bond motifs is 1. The lowest BCUT2D eigenvalue weighted by Gasteiger charge is -2.17. The van der Waals surface area contributed by atoms with Gasteiger partial charge in [-0.05, 0) is 60.0 Å². The first-order chi connectivity index (χ1) is 15.2. The molecule has 0 bridgehead atoms. The lowest BCUT2D eigenvalue weighted by atomic mass is 10.0. The number of methoxy groups -OCH3 is 1. The van der Waals surface area contributed by atoms with Crippen LogP contribution in [0.3, 0.4) is 0 Å². The SMILES string of the molecule is COc1ccc(C=Cc2[o+]c3ccc(C)cc3cc2-c2ccccc2)cc1.[O-][Cl+3]([O-])([O-])[O-]. The summed E-state index contributed by atoms with van der Waals surface area (Å²) in [5.41, 5.74) is 5.42. The topological polar surface area (TPSA) is 113 Å². The van der Waals surface area contributed by atoms with E-state index in [1.165, 1.54) is 5.56 Å². The fourth-order valence-electron chi connectivity index (χ4n) is 3.13. The van der Waals surface area contributed by atoms with Crippen molar-refractivity contribution in [2.24, 2.45) is 0 Å². The van der Waals surface area contributed by atoms with Crippen molar-refractivity contribution in [3.8, 4) is 16.9 Å². The van der Waals surface area contributed by atoms with Crippen LogP contribution in [0.1, 0.15) is 16.9 Å². The first-order valence-electron chi connectivity index (χ1n) is 9.60. The highest BCUT2D eigenvalue weighted by Crippen LogP contribution is 2.31. The molecule has 0 amide bonds. The van der Waals surface area contributed by atoms with Gasteiger partial charge in [0.15, 0.2) is 0 Å². The van der Waals surface area contributed by atoms with E-state index in [2.05, 4.69) is 43.3 Å². The summed E-state index contributed by atoms with van der Waals surface area (Å²) in [6, 6.07) is 26.8. The number of benzene rings is 3. The Morgan fingerprint density at radius 3 is 2.09 bits per heavy atom. The Balaban J connectivity index is 0.000000523. The van der Waals surface area contributed by atoms with Gasteiger partial charge in [-0.1, -0.05) is 42.5 Å². The highest BCUT2D eigenvalue weighted by Gasteiger charge is 2.18. The molecule has 1 heterocycles. The molecule has 0 aliphatic heterocycles. The first-order valence-corrected chi connectivity index (χ1v) is 10.8. The van der Waals surface area contributed by atoms with Crippen LogP contribution in [-0.4, -0.2) is 7.11 Å². The quantitative estimate of drug-likeness (QED) is 0.438. The zero-order valence-corrected chi connectivity index (χ0v) is 18.2. The lowest BCUT2D eigenvalue weighted by Crippen LogP contribution is -2.68. The summed E-state index contributed by atoms with van der Waals surface area (Å²) >= 11 is 0. The van der Waals surface area contributed by atoms with Crippen molar-refractivity contribution in [2.45, 2.75) is 6.92 Å². The van der Waals surface area contributed by atoms with Gasteiger partial charge in [0, 0.05) is 12.1 Å². The molecule has 0 fully saturated rings. The predicted octanol–water partition coefficient (Wildman–Crippen LogP) is 2.11. The maximum absolute atomic E-state index is 8.49. The van der Waals surface area contributed by atoms with Crippen LogP contribution in [0, 0.1) is 17.2 Å². The van der Waals surface area contributed by atoms with Crippen molar-refractivity contribution >= 4 is 23.1 Å². The summed E-state index contributed by atoms with van der Waals surface area (Å²) in [4.78, 5) is 0. The second kappa shape index (κ2) is 10.4. The van der Waals surface area contributed by atoms with E-state index in [0.29, 0.717) is 0 Å². The fraction of sp³-hybridized carbons (Fsp3) is 0.0800. The smallest absolute Gasteiger partial charge is 0.361 e. The Labute approximate surface area is 188 Å². The summed E-state index contributed by atoms with van der Waals surface area (Å²) in [6.07, 6.45) is 4.09. The van der Waals surface area contributed by atoms with E-state index >= 15 is 0 Å². The number of aryl methyl sites for hydroxylation is 1. The number of rotatable bonds is 4. The lowest BCUT2D eigenvalue weighted by molar-refractivity contribution is -2.00. The van der Waals surface area contributed by atoms with E-state index in [1.807, 2.05) is 54.6 Å².